The van der Waals surface area contributed by atoms with Crippen LogP contribution in [-0.4, -0.2) is 79.8 Å². The number of nitrogens with zero attached hydrogens (tertiary/aromatic N) is 2. The molecule has 116 valence electrons. The van der Waals surface area contributed by atoms with Gasteiger partial charge in [-0.25, -0.2) is 9.59 Å². The van der Waals surface area contributed by atoms with Crippen LogP contribution in [0.1, 0.15) is 13.3 Å². The topological polar surface area (TPSA) is 99.2 Å². The van der Waals surface area contributed by atoms with E-state index in [2.05, 4.69) is 5.32 Å². The summed E-state index contributed by atoms with van der Waals surface area (Å²) in [6.07, 6.45) is 0.297. The van der Waals surface area contributed by atoms with Crippen molar-refractivity contribution in [1.82, 2.24) is 15.1 Å². The molecule has 0 saturated carbocycles. The summed E-state index contributed by atoms with van der Waals surface area (Å²) in [4.78, 5) is 36.8. The van der Waals surface area contributed by atoms with E-state index in [-0.39, 0.29) is 12.5 Å². The molecule has 1 unspecified atom stereocenters. The molecule has 0 aliphatic heterocycles. The molecule has 8 nitrogen and oxygen atoms in total. The van der Waals surface area contributed by atoms with Crippen molar-refractivity contribution in [3.63, 3.8) is 0 Å². The maximum absolute atomic E-state index is 12.0. The normalized spacial score (nSPS) is 11.6. The maximum Gasteiger partial charge on any atom is 0.326 e. The van der Waals surface area contributed by atoms with Crippen molar-refractivity contribution >= 4 is 17.9 Å². The number of rotatable bonds is 8. The first-order valence-corrected chi connectivity index (χ1v) is 6.31. The van der Waals surface area contributed by atoms with Gasteiger partial charge in [-0.1, -0.05) is 6.92 Å². The van der Waals surface area contributed by atoms with Crippen LogP contribution >= 0.6 is 0 Å². The molecule has 0 aromatic heterocycles. The number of hydrogen-bond acceptors (Lipinski definition) is 4. The van der Waals surface area contributed by atoms with Crippen molar-refractivity contribution in [3.8, 4) is 0 Å². The molecule has 0 bridgehead atoms. The van der Waals surface area contributed by atoms with E-state index in [9.17, 15) is 14.4 Å². The van der Waals surface area contributed by atoms with Gasteiger partial charge in [-0.2, -0.15) is 0 Å². The Labute approximate surface area is 118 Å². The summed E-state index contributed by atoms with van der Waals surface area (Å²) in [7, 11) is 4.38. The Morgan fingerprint density at radius 1 is 1.30 bits per heavy atom. The molecule has 0 aliphatic rings. The number of carbonyl (C=O) groups is 3. The molecule has 0 aromatic rings. The van der Waals surface area contributed by atoms with E-state index in [1.807, 2.05) is 0 Å². The third-order valence-electron chi connectivity index (χ3n) is 2.78. The van der Waals surface area contributed by atoms with Crippen LogP contribution in [0.4, 0.5) is 4.79 Å². The monoisotopic (exact) mass is 289 g/mol. The molecule has 0 aliphatic carbocycles. The zero-order valence-electron chi connectivity index (χ0n) is 12.4. The molecule has 2 N–H and O–H groups in total. The minimum Gasteiger partial charge on any atom is -0.480 e. The molecule has 0 saturated heterocycles. The molecule has 0 spiro atoms. The lowest BCUT2D eigenvalue weighted by Gasteiger charge is -2.28. The first-order chi connectivity index (χ1) is 9.34. The number of carbonyl (C=O) groups excluding carboxylic acids is 2. The van der Waals surface area contributed by atoms with Gasteiger partial charge in [-0.15, -0.1) is 0 Å². The molecule has 3 amide bonds. The lowest BCUT2D eigenvalue weighted by Crippen LogP contribution is -2.50. The molecule has 0 radical (unpaired) electrons. The number of nitrogens with one attached hydrogen (secondary N) is 1. The summed E-state index contributed by atoms with van der Waals surface area (Å²) in [5.74, 6) is -1.39. The smallest absolute Gasteiger partial charge is 0.326 e. The van der Waals surface area contributed by atoms with Gasteiger partial charge in [0, 0.05) is 27.7 Å². The number of carboxylic acid groups (broad SMARTS) is 1. The molecule has 1 atom stereocenters. The lowest BCUT2D eigenvalue weighted by atomic mass is 10.2. The average Bonchev–Trinajstić information content (AvgIpc) is 2.38. The van der Waals surface area contributed by atoms with E-state index < -0.39 is 18.0 Å². The highest BCUT2D eigenvalue weighted by Crippen LogP contribution is 2.05. The first kappa shape index (κ1) is 18.2. The highest BCUT2D eigenvalue weighted by molar-refractivity contribution is 5.86. The van der Waals surface area contributed by atoms with Crippen LogP contribution < -0.4 is 5.32 Å². The van der Waals surface area contributed by atoms with Crippen LogP contribution in [-0.2, 0) is 14.3 Å². The van der Waals surface area contributed by atoms with Gasteiger partial charge in [0.1, 0.15) is 12.6 Å². The van der Waals surface area contributed by atoms with E-state index in [0.29, 0.717) is 19.6 Å². The van der Waals surface area contributed by atoms with E-state index >= 15 is 0 Å². The quantitative estimate of drug-likeness (QED) is 0.592. The van der Waals surface area contributed by atoms with Crippen LogP contribution in [0, 0.1) is 0 Å². The number of methoxy groups -OCH3 is 1. The Hall–Kier alpha value is -1.83. The molecule has 0 rings (SSSR count). The van der Waals surface area contributed by atoms with Crippen molar-refractivity contribution in [3.05, 3.63) is 0 Å². The van der Waals surface area contributed by atoms with Gasteiger partial charge in [0.05, 0.1) is 6.61 Å². The van der Waals surface area contributed by atoms with Gasteiger partial charge >= 0.3 is 12.0 Å². The predicted molar refractivity (Wildman–Crippen MR) is 72.4 cm³/mol. The van der Waals surface area contributed by atoms with Gasteiger partial charge in [0.25, 0.3) is 0 Å². The lowest BCUT2D eigenvalue weighted by molar-refractivity contribution is -0.142. The fourth-order valence-corrected chi connectivity index (χ4v) is 1.65. The molecule has 8 heteroatoms. The number of carboxylic acids is 1. The summed E-state index contributed by atoms with van der Waals surface area (Å²) in [6.45, 7) is 2.29. The summed E-state index contributed by atoms with van der Waals surface area (Å²) in [5, 5.41) is 11.6. The van der Waals surface area contributed by atoms with Crippen LogP contribution in [0.2, 0.25) is 0 Å². The molecule has 20 heavy (non-hydrogen) atoms. The SMILES string of the molecule is CCC(C(=O)O)N(C)C(=O)N(C)CC(=O)NCCOC. The minimum absolute atomic E-state index is 0.136. The van der Waals surface area contributed by atoms with Gasteiger partial charge in [0.15, 0.2) is 0 Å². The second kappa shape index (κ2) is 9.13. The van der Waals surface area contributed by atoms with E-state index in [1.54, 1.807) is 6.92 Å². The second-order valence-electron chi connectivity index (χ2n) is 4.35. The van der Waals surface area contributed by atoms with Crippen molar-refractivity contribution in [2.75, 3.05) is 40.9 Å². The number of likely N-dealkylation sites (N-methyl/N-ethyl adjacent to an activating group) is 2. The summed E-state index contributed by atoms with van der Waals surface area (Å²) >= 11 is 0. The average molecular weight is 289 g/mol. The van der Waals surface area contributed by atoms with Crippen molar-refractivity contribution < 1.29 is 24.2 Å². The standard InChI is InChI=1S/C12H23N3O5/c1-5-9(11(17)18)15(3)12(19)14(2)8-10(16)13-6-7-20-4/h9H,5-8H2,1-4H3,(H,13,16)(H,17,18). The van der Waals surface area contributed by atoms with Crippen LogP contribution in [0.3, 0.4) is 0 Å². The van der Waals surface area contributed by atoms with Crippen LogP contribution in [0.25, 0.3) is 0 Å². The van der Waals surface area contributed by atoms with Crippen molar-refractivity contribution in [2.24, 2.45) is 0 Å². The number of aliphatic carboxylic acids is 1. The van der Waals surface area contributed by atoms with Gasteiger partial charge in [-0.05, 0) is 6.42 Å². The Bertz CT molecular complexity index is 348. The minimum atomic E-state index is -1.07. The number of hydrogen-bond donors (Lipinski definition) is 2. The second-order valence-corrected chi connectivity index (χ2v) is 4.35. The number of urea groups is 1. The van der Waals surface area contributed by atoms with E-state index in [4.69, 9.17) is 9.84 Å². The van der Waals surface area contributed by atoms with E-state index in [1.165, 1.54) is 26.1 Å². The molecular formula is C12H23N3O5. The van der Waals surface area contributed by atoms with Gasteiger partial charge < -0.3 is 25.0 Å². The first-order valence-electron chi connectivity index (χ1n) is 6.31. The highest BCUT2D eigenvalue weighted by atomic mass is 16.5. The fourth-order valence-electron chi connectivity index (χ4n) is 1.65. The third-order valence-corrected chi connectivity index (χ3v) is 2.78. The Balaban J connectivity index is 4.39. The van der Waals surface area contributed by atoms with Crippen molar-refractivity contribution in [1.29, 1.82) is 0 Å². The summed E-state index contributed by atoms with van der Waals surface area (Å²) in [5.41, 5.74) is 0. The number of amides is 3. The van der Waals surface area contributed by atoms with Gasteiger partial charge in [0.2, 0.25) is 5.91 Å². The molecule has 0 aromatic carbocycles. The van der Waals surface area contributed by atoms with Crippen LogP contribution in [0.15, 0.2) is 0 Å². The molecule has 0 heterocycles. The predicted octanol–water partition coefficient (Wildman–Crippen LogP) is -0.404. The Morgan fingerprint density at radius 2 is 1.90 bits per heavy atom. The van der Waals surface area contributed by atoms with Crippen molar-refractivity contribution in [2.45, 2.75) is 19.4 Å². The molecular weight excluding hydrogens is 266 g/mol. The van der Waals surface area contributed by atoms with Gasteiger partial charge in [-0.3, -0.25) is 4.79 Å². The number of ether oxygens (including phenoxy) is 1. The third kappa shape index (κ3) is 5.87. The molecule has 0 fully saturated rings. The maximum atomic E-state index is 12.0. The Morgan fingerprint density at radius 3 is 2.35 bits per heavy atom. The zero-order chi connectivity index (χ0) is 15.7. The van der Waals surface area contributed by atoms with E-state index in [0.717, 1.165) is 4.90 Å². The van der Waals surface area contributed by atoms with Crippen LogP contribution in [0.5, 0.6) is 0 Å². The summed E-state index contributed by atoms with van der Waals surface area (Å²) < 4.78 is 4.79. The summed E-state index contributed by atoms with van der Waals surface area (Å²) in [6, 6.07) is -1.41. The fraction of sp³-hybridized carbons (Fsp3) is 0.750. The zero-order valence-corrected chi connectivity index (χ0v) is 12.4. The Kier molecular flexibility index (Phi) is 8.30. The largest absolute Gasteiger partial charge is 0.480 e. The highest BCUT2D eigenvalue weighted by Gasteiger charge is 2.27.